The third-order valence-corrected chi connectivity index (χ3v) is 0.144. The summed E-state index contributed by atoms with van der Waals surface area (Å²) >= 11 is 0. The van der Waals surface area contributed by atoms with Gasteiger partial charge in [0.1, 0.15) is 0 Å². The average molecular weight is 1410 g/mol. The molecular weight excluding hydrogens is 1380 g/mol. The Bertz CT molecular complexity index is 35.0. The summed E-state index contributed by atoms with van der Waals surface area (Å²) < 4.78 is 4.18. The predicted molar refractivity (Wildman–Crippen MR) is 59.8 cm³/mol. The van der Waals surface area contributed by atoms with Crippen LogP contribution in [-0.2, 0) is 266 Å². The van der Waals surface area contributed by atoms with E-state index in [2.05, 4.69) is 25.7 Å². The SMILES string of the molecule is [CH2-]C.[CH2-]CO[CH2-].[CH3-].[CH3-].[CH3-].[CH3-].[CH3-].[Rf].[Rf].[Y].[Y].[Y].[Y].[Y].[Y].[Y].[Y]. The third-order valence-electron chi connectivity index (χ3n) is 0.144. The summed E-state index contributed by atoms with van der Waals surface area (Å²) in [6, 6.07) is 0. The minimum Gasteiger partial charge on any atom is -0.581 e. The Morgan fingerprint density at radius 3 is 0.619 bits per heavy atom. The van der Waals surface area contributed by atoms with Crippen molar-refractivity contribution >= 4 is 0 Å². The summed E-state index contributed by atoms with van der Waals surface area (Å²) in [6.07, 6.45) is 0. The number of ether oxygens (including phenoxy) is 1. The van der Waals surface area contributed by atoms with E-state index >= 15 is 0 Å². The summed E-state index contributed by atoms with van der Waals surface area (Å²) in [5.41, 5.74) is 0. The molecule has 8 radical (unpaired) electrons. The topological polar surface area (TPSA) is 9.23 Å². The van der Waals surface area contributed by atoms with Gasteiger partial charge in [-0.05, 0) is 0 Å². The fourth-order valence-corrected chi connectivity index (χ4v) is 0. The van der Waals surface area contributed by atoms with Gasteiger partial charge in [0, 0.05) is 262 Å². The van der Waals surface area contributed by atoms with Gasteiger partial charge >= 0.3 is 0 Å². The van der Waals surface area contributed by atoms with E-state index in [0.29, 0.717) is 6.61 Å². The van der Waals surface area contributed by atoms with Crippen LogP contribution in [-0.4, -0.2) is 6.61 Å². The van der Waals surface area contributed by atoms with Crippen molar-refractivity contribution in [3.63, 3.8) is 0 Å². The fraction of sp³-hybridized carbons (Fsp3) is 0.200. The number of hydrogen-bond acceptors (Lipinski definition) is 1. The van der Waals surface area contributed by atoms with E-state index in [4.69, 9.17) is 0 Å². The largest absolute Gasteiger partial charge is 0.581 e. The van der Waals surface area contributed by atoms with Gasteiger partial charge in [-0.15, -0.1) is 6.61 Å². The van der Waals surface area contributed by atoms with Crippen LogP contribution in [0.4, 0.5) is 0 Å². The van der Waals surface area contributed by atoms with Gasteiger partial charge in [-0.1, -0.05) is 0 Å². The van der Waals surface area contributed by atoms with Gasteiger partial charge < -0.3 is 55.7 Å². The summed E-state index contributed by atoms with van der Waals surface area (Å²) in [6.45, 7) is 8.78. The van der Waals surface area contributed by atoms with Crippen LogP contribution in [0.15, 0.2) is 0 Å². The van der Waals surface area contributed by atoms with Gasteiger partial charge in [-0.2, -0.15) is 6.92 Å². The van der Waals surface area contributed by atoms with E-state index in [1.807, 2.05) is 0 Å². The van der Waals surface area contributed by atoms with E-state index < -0.39 is 0 Å². The number of hydrogen-bond donors (Lipinski definition) is 0. The molecule has 0 bridgehead atoms. The maximum Gasteiger partial charge on any atom is 0 e. The molecule has 21 heavy (non-hydrogen) atoms. The minimum atomic E-state index is 0. The first-order chi connectivity index (χ1) is 2.91. The summed E-state index contributed by atoms with van der Waals surface area (Å²) in [5.74, 6) is 0. The summed E-state index contributed by atoms with van der Waals surface area (Å²) in [7, 11) is 3.04. The zero-order valence-corrected chi connectivity index (χ0v) is 50.8. The van der Waals surface area contributed by atoms with Crippen molar-refractivity contribution < 1.29 is 266 Å². The van der Waals surface area contributed by atoms with Gasteiger partial charge in [0.25, 0.3) is 0 Å². The molecule has 0 aliphatic carbocycles. The molecule has 0 atom stereocenters. The molecule has 0 aliphatic heterocycles. The maximum atomic E-state index is 4.18. The average Bonchev–Trinajstić information content (AvgIpc) is 1.72. The Balaban J connectivity index is -0.000000000611. The van der Waals surface area contributed by atoms with Crippen LogP contribution in [0.25, 0.3) is 0 Å². The Hall–Kier alpha value is 6.79. The van der Waals surface area contributed by atoms with Crippen LogP contribution in [0.5, 0.6) is 0 Å². The Labute approximate surface area is 328 Å². The van der Waals surface area contributed by atoms with Crippen LogP contribution in [0.1, 0.15) is 6.92 Å². The monoisotopic (exact) mass is 1410 g/mol. The van der Waals surface area contributed by atoms with Crippen LogP contribution < -0.4 is 0 Å². The predicted octanol–water partition coefficient (Wildman–Crippen LogP) is 3.70. The number of rotatable bonds is 1. The molecule has 0 N–H and O–H groups in total. The first-order valence-electron chi connectivity index (χ1n) is 1.78. The molecule has 0 rings (SSSR count). The molecule has 0 aromatic carbocycles. The van der Waals surface area contributed by atoms with Crippen LogP contribution in [0, 0.1) is 58.1 Å². The summed E-state index contributed by atoms with van der Waals surface area (Å²) in [5, 5.41) is 0. The van der Waals surface area contributed by atoms with Gasteiger partial charge in [-0.25, -0.2) is 7.11 Å². The van der Waals surface area contributed by atoms with Crippen LogP contribution in [0.2, 0.25) is 0 Å². The molecule has 0 heterocycles. The molecule has 0 aromatic rings. The molecule has 0 aromatic heterocycles. The van der Waals surface area contributed by atoms with Crippen molar-refractivity contribution in [1.82, 2.24) is 0 Å². The molecule has 11 heteroatoms. The standard InChI is InChI=1S/C3H6O.C2H5.5CH3.2Rf.8Y/c1-3-4-2;1-2;;;;;;;;;;;;;;;/h1-3H2;1H2,2H3;5*1H3;;;;;;;;;;/q-2;6*-1;;;;;;;;;;. The smallest absolute Gasteiger partial charge is 0 e. The van der Waals surface area contributed by atoms with Crippen molar-refractivity contribution in [2.75, 3.05) is 6.61 Å². The molecule has 0 unspecified atom stereocenters. The van der Waals surface area contributed by atoms with E-state index in [0.717, 1.165) is 0 Å². The molecule has 0 aliphatic rings. The second-order valence-electron chi connectivity index (χ2n) is 0.408. The molecule has 0 saturated heterocycles. The van der Waals surface area contributed by atoms with Gasteiger partial charge in [-0.3, -0.25) is 0 Å². The van der Waals surface area contributed by atoms with Gasteiger partial charge in [0.05, 0.1) is 0 Å². The molecule has 108 valence electrons. The minimum absolute atomic E-state index is 0. The first kappa shape index (κ1) is 171. The first-order valence-corrected chi connectivity index (χ1v) is 1.78. The summed E-state index contributed by atoms with van der Waals surface area (Å²) in [4.78, 5) is 0. The van der Waals surface area contributed by atoms with Crippen molar-refractivity contribution in [2.24, 2.45) is 0 Å². The zero-order chi connectivity index (χ0) is 5.41. The van der Waals surface area contributed by atoms with Crippen molar-refractivity contribution in [3.05, 3.63) is 58.1 Å². The van der Waals surface area contributed by atoms with E-state index in [-0.39, 0.29) is 299 Å². The molecular formula is C10H26ORf2Y8-8. The van der Waals surface area contributed by atoms with Crippen LogP contribution >= 0.6 is 0 Å². The second-order valence-corrected chi connectivity index (χ2v) is 0.408. The van der Waals surface area contributed by atoms with E-state index in [9.17, 15) is 0 Å². The molecule has 0 spiro atoms. The third kappa shape index (κ3) is 271. The Kier molecular flexibility index (Phi) is 1880. The van der Waals surface area contributed by atoms with E-state index in [1.54, 1.807) is 6.92 Å². The van der Waals surface area contributed by atoms with E-state index in [1.165, 1.54) is 0 Å². The van der Waals surface area contributed by atoms with Crippen molar-refractivity contribution in [1.29, 1.82) is 0 Å². The normalized spacial score (nSPS) is 1.71. The Morgan fingerprint density at radius 1 is 0.571 bits per heavy atom. The molecule has 0 fully saturated rings. The molecule has 1 nitrogen and oxygen atoms in total. The van der Waals surface area contributed by atoms with Crippen molar-refractivity contribution in [3.8, 4) is 0 Å². The van der Waals surface area contributed by atoms with Gasteiger partial charge in [0.2, 0.25) is 0 Å². The maximum absolute atomic E-state index is 4.18. The molecule has 0 saturated carbocycles. The second kappa shape index (κ2) is 231. The van der Waals surface area contributed by atoms with Crippen LogP contribution in [0.3, 0.4) is 0 Å². The molecule has 0 amide bonds. The van der Waals surface area contributed by atoms with Gasteiger partial charge in [0.15, 0.2) is 0 Å². The fourth-order valence-electron chi connectivity index (χ4n) is 0. The zero-order valence-electron chi connectivity index (χ0n) is 15.3. The quantitative estimate of drug-likeness (QED) is 0.365. The van der Waals surface area contributed by atoms with Crippen molar-refractivity contribution in [2.45, 2.75) is 6.92 Å². The Morgan fingerprint density at radius 2 is 0.619 bits per heavy atom.